The van der Waals surface area contributed by atoms with Crippen molar-refractivity contribution < 1.29 is 14.7 Å². The molecule has 1 heterocycles. The van der Waals surface area contributed by atoms with Crippen LogP contribution in [0.3, 0.4) is 0 Å². The van der Waals surface area contributed by atoms with Gasteiger partial charge in [-0.05, 0) is 44.9 Å². The molecule has 1 aromatic carbocycles. The second-order valence-corrected chi connectivity index (χ2v) is 6.56. The van der Waals surface area contributed by atoms with Gasteiger partial charge < -0.3 is 10.4 Å². The number of aryl methyl sites for hydroxylation is 2. The molecular formula is C19H25N3O3. The third kappa shape index (κ3) is 4.26. The molecule has 6 heteroatoms. The zero-order valence-corrected chi connectivity index (χ0v) is 15.3. The number of rotatable bonds is 6. The zero-order valence-electron chi connectivity index (χ0n) is 15.3. The van der Waals surface area contributed by atoms with E-state index in [0.29, 0.717) is 12.1 Å². The lowest BCUT2D eigenvalue weighted by atomic mass is 9.98. The van der Waals surface area contributed by atoms with Gasteiger partial charge in [-0.2, -0.15) is 5.10 Å². The summed E-state index contributed by atoms with van der Waals surface area (Å²) in [5.41, 5.74) is 4.42. The summed E-state index contributed by atoms with van der Waals surface area (Å²) in [5.74, 6) is -1.64. The van der Waals surface area contributed by atoms with Crippen molar-refractivity contribution in [1.82, 2.24) is 9.78 Å². The number of benzene rings is 1. The molecule has 0 radical (unpaired) electrons. The number of nitrogens with zero attached hydrogens (tertiary/aromatic N) is 2. The Morgan fingerprint density at radius 3 is 2.28 bits per heavy atom. The Balaban J connectivity index is 2.06. The quantitative estimate of drug-likeness (QED) is 0.844. The smallest absolute Gasteiger partial charge is 0.306 e. The van der Waals surface area contributed by atoms with E-state index < -0.39 is 11.9 Å². The molecule has 2 N–H and O–H groups in total. The Hall–Kier alpha value is -2.63. The SMILES string of the molecule is Cc1nn(C)c(C)c1C(C)C(=O)Nc1ccc(CC(C)C(=O)O)cc1. The highest BCUT2D eigenvalue weighted by Crippen LogP contribution is 2.24. The summed E-state index contributed by atoms with van der Waals surface area (Å²) < 4.78 is 1.78. The van der Waals surface area contributed by atoms with Crippen LogP contribution in [-0.4, -0.2) is 26.8 Å². The summed E-state index contributed by atoms with van der Waals surface area (Å²) in [5, 5.41) is 16.2. The van der Waals surface area contributed by atoms with Crippen LogP contribution in [0.1, 0.15) is 42.3 Å². The lowest BCUT2D eigenvalue weighted by Gasteiger charge is -2.14. The van der Waals surface area contributed by atoms with Gasteiger partial charge in [0.15, 0.2) is 0 Å². The van der Waals surface area contributed by atoms with E-state index in [1.807, 2.05) is 40.0 Å². The minimum absolute atomic E-state index is 0.0918. The van der Waals surface area contributed by atoms with Gasteiger partial charge in [0, 0.05) is 24.0 Å². The lowest BCUT2D eigenvalue weighted by Crippen LogP contribution is -2.20. The molecule has 1 aromatic heterocycles. The Kier molecular flexibility index (Phi) is 5.62. The molecule has 0 spiro atoms. The number of hydrogen-bond acceptors (Lipinski definition) is 3. The average Bonchev–Trinajstić information content (AvgIpc) is 2.81. The first-order chi connectivity index (χ1) is 11.7. The number of carbonyl (C=O) groups is 2. The highest BCUT2D eigenvalue weighted by Gasteiger charge is 2.22. The topological polar surface area (TPSA) is 84.2 Å². The number of hydrogen-bond donors (Lipinski definition) is 2. The first-order valence-electron chi connectivity index (χ1n) is 8.33. The van der Waals surface area contributed by atoms with E-state index in [4.69, 9.17) is 5.11 Å². The maximum Gasteiger partial charge on any atom is 0.306 e. The van der Waals surface area contributed by atoms with Crippen molar-refractivity contribution in [1.29, 1.82) is 0 Å². The van der Waals surface area contributed by atoms with Crippen LogP contribution in [0, 0.1) is 19.8 Å². The fourth-order valence-corrected chi connectivity index (χ4v) is 2.96. The number of aliphatic carboxylic acids is 1. The van der Waals surface area contributed by atoms with Crippen LogP contribution in [0.15, 0.2) is 24.3 Å². The number of aromatic nitrogens is 2. The van der Waals surface area contributed by atoms with Crippen molar-refractivity contribution in [3.63, 3.8) is 0 Å². The first kappa shape index (κ1) is 18.7. The third-order valence-corrected chi connectivity index (χ3v) is 4.58. The molecule has 25 heavy (non-hydrogen) atoms. The van der Waals surface area contributed by atoms with E-state index in [-0.39, 0.29) is 11.8 Å². The average molecular weight is 343 g/mol. The fourth-order valence-electron chi connectivity index (χ4n) is 2.96. The van der Waals surface area contributed by atoms with Crippen LogP contribution in [0.4, 0.5) is 5.69 Å². The molecule has 134 valence electrons. The molecule has 0 saturated heterocycles. The Labute approximate surface area is 147 Å². The molecule has 6 nitrogen and oxygen atoms in total. The van der Waals surface area contributed by atoms with Crippen molar-refractivity contribution in [2.75, 3.05) is 5.32 Å². The normalized spacial score (nSPS) is 13.3. The summed E-state index contributed by atoms with van der Waals surface area (Å²) in [6, 6.07) is 7.30. The molecule has 2 atom stereocenters. The summed E-state index contributed by atoms with van der Waals surface area (Å²) in [4.78, 5) is 23.5. The van der Waals surface area contributed by atoms with Crippen LogP contribution in [0.2, 0.25) is 0 Å². The van der Waals surface area contributed by atoms with E-state index in [1.165, 1.54) is 0 Å². The van der Waals surface area contributed by atoms with E-state index in [0.717, 1.165) is 22.5 Å². The summed E-state index contributed by atoms with van der Waals surface area (Å²) in [6.45, 7) is 7.41. The van der Waals surface area contributed by atoms with Crippen LogP contribution < -0.4 is 5.32 Å². The van der Waals surface area contributed by atoms with Gasteiger partial charge in [0.2, 0.25) is 5.91 Å². The zero-order chi connectivity index (χ0) is 18.7. The van der Waals surface area contributed by atoms with Gasteiger partial charge in [0.05, 0.1) is 17.5 Å². The number of amides is 1. The van der Waals surface area contributed by atoms with E-state index in [9.17, 15) is 9.59 Å². The Morgan fingerprint density at radius 1 is 1.20 bits per heavy atom. The molecule has 1 amide bonds. The molecule has 0 saturated carbocycles. The molecule has 0 fully saturated rings. The molecular weight excluding hydrogens is 318 g/mol. The fraction of sp³-hybridized carbons (Fsp3) is 0.421. The molecule has 0 aliphatic carbocycles. The van der Waals surface area contributed by atoms with Gasteiger partial charge in [0.1, 0.15) is 0 Å². The number of carboxylic acid groups (broad SMARTS) is 1. The van der Waals surface area contributed by atoms with Crippen LogP contribution in [-0.2, 0) is 23.1 Å². The van der Waals surface area contributed by atoms with Crippen molar-refractivity contribution in [2.45, 2.75) is 40.0 Å². The van der Waals surface area contributed by atoms with Gasteiger partial charge >= 0.3 is 5.97 Å². The Morgan fingerprint density at radius 2 is 1.80 bits per heavy atom. The highest BCUT2D eigenvalue weighted by atomic mass is 16.4. The second kappa shape index (κ2) is 7.51. The lowest BCUT2D eigenvalue weighted by molar-refractivity contribution is -0.141. The predicted octanol–water partition coefficient (Wildman–Crippen LogP) is 3.04. The van der Waals surface area contributed by atoms with Crippen molar-refractivity contribution in [2.24, 2.45) is 13.0 Å². The standard InChI is InChI=1S/C19H25N3O3/c1-11(19(24)25)10-15-6-8-16(9-7-15)20-18(23)12(2)17-13(3)21-22(5)14(17)4/h6-9,11-12H,10H2,1-5H3,(H,20,23)(H,24,25). The van der Waals surface area contributed by atoms with Gasteiger partial charge in [-0.15, -0.1) is 0 Å². The molecule has 0 aliphatic rings. The summed E-state index contributed by atoms with van der Waals surface area (Å²) in [7, 11) is 1.87. The highest BCUT2D eigenvalue weighted by molar-refractivity contribution is 5.95. The monoisotopic (exact) mass is 343 g/mol. The Bertz CT molecular complexity index is 778. The number of carbonyl (C=O) groups excluding carboxylic acids is 1. The van der Waals surface area contributed by atoms with Crippen LogP contribution in [0.5, 0.6) is 0 Å². The largest absolute Gasteiger partial charge is 0.481 e. The van der Waals surface area contributed by atoms with Crippen molar-refractivity contribution >= 4 is 17.6 Å². The van der Waals surface area contributed by atoms with Gasteiger partial charge in [0.25, 0.3) is 0 Å². The number of nitrogens with one attached hydrogen (secondary N) is 1. The van der Waals surface area contributed by atoms with Gasteiger partial charge in [-0.1, -0.05) is 19.1 Å². The van der Waals surface area contributed by atoms with Crippen LogP contribution in [0.25, 0.3) is 0 Å². The number of carboxylic acids is 1. The molecule has 2 rings (SSSR count). The van der Waals surface area contributed by atoms with Gasteiger partial charge in [-0.3, -0.25) is 14.3 Å². The number of anilines is 1. The van der Waals surface area contributed by atoms with E-state index in [1.54, 1.807) is 23.7 Å². The first-order valence-corrected chi connectivity index (χ1v) is 8.33. The van der Waals surface area contributed by atoms with Gasteiger partial charge in [-0.25, -0.2) is 0 Å². The second-order valence-electron chi connectivity index (χ2n) is 6.56. The molecule has 2 unspecified atom stereocenters. The molecule has 0 aliphatic heterocycles. The van der Waals surface area contributed by atoms with E-state index >= 15 is 0 Å². The van der Waals surface area contributed by atoms with Crippen LogP contribution >= 0.6 is 0 Å². The van der Waals surface area contributed by atoms with Crippen molar-refractivity contribution in [3.8, 4) is 0 Å². The summed E-state index contributed by atoms with van der Waals surface area (Å²) >= 11 is 0. The minimum Gasteiger partial charge on any atom is -0.481 e. The van der Waals surface area contributed by atoms with E-state index in [2.05, 4.69) is 10.4 Å². The molecule has 0 bridgehead atoms. The third-order valence-electron chi connectivity index (χ3n) is 4.58. The maximum absolute atomic E-state index is 12.6. The summed E-state index contributed by atoms with van der Waals surface area (Å²) in [6.07, 6.45) is 0.466. The molecule has 2 aromatic rings. The maximum atomic E-state index is 12.6. The minimum atomic E-state index is -0.812. The van der Waals surface area contributed by atoms with Crippen molar-refractivity contribution in [3.05, 3.63) is 46.8 Å². The predicted molar refractivity (Wildman–Crippen MR) is 96.7 cm³/mol.